The van der Waals surface area contributed by atoms with Gasteiger partial charge in [0.1, 0.15) is 6.54 Å². The lowest BCUT2D eigenvalue weighted by Gasteiger charge is -2.10. The molecule has 1 aliphatic heterocycles. The Morgan fingerprint density at radius 1 is 1.32 bits per heavy atom. The average molecular weight is 360 g/mol. The molecule has 0 aromatic heterocycles. The summed E-state index contributed by atoms with van der Waals surface area (Å²) in [6, 6.07) is 4.86. The number of ether oxygens (including phenoxy) is 1. The summed E-state index contributed by atoms with van der Waals surface area (Å²) in [5.41, 5.74) is 0.635. The third kappa shape index (κ3) is 3.82. The summed E-state index contributed by atoms with van der Waals surface area (Å²) in [4.78, 5) is 36.5. The van der Waals surface area contributed by atoms with Crippen molar-refractivity contribution < 1.29 is 19.1 Å². The van der Waals surface area contributed by atoms with Gasteiger partial charge in [-0.3, -0.25) is 19.3 Å². The summed E-state index contributed by atoms with van der Waals surface area (Å²) in [5.74, 6) is -1.16. The Balaban J connectivity index is 2.18. The zero-order valence-corrected chi connectivity index (χ0v) is 13.8. The number of hydrogen-bond donors (Lipinski definition) is 0. The van der Waals surface area contributed by atoms with E-state index in [0.717, 1.165) is 16.7 Å². The highest BCUT2D eigenvalue weighted by Crippen LogP contribution is 2.33. The summed E-state index contributed by atoms with van der Waals surface area (Å²) in [7, 11) is 0. The molecule has 1 aliphatic rings. The van der Waals surface area contributed by atoms with Crippen molar-refractivity contribution in [2.24, 2.45) is 0 Å². The van der Waals surface area contributed by atoms with Gasteiger partial charge in [-0.1, -0.05) is 29.3 Å². The van der Waals surface area contributed by atoms with Crippen molar-refractivity contribution in [3.05, 3.63) is 38.7 Å². The van der Waals surface area contributed by atoms with Gasteiger partial charge in [-0.05, 0) is 42.5 Å². The highest BCUT2D eigenvalue weighted by molar-refractivity contribution is 8.18. The fourth-order valence-corrected chi connectivity index (χ4v) is 2.87. The minimum Gasteiger partial charge on any atom is -0.465 e. The number of imide groups is 1. The molecule has 0 radical (unpaired) electrons. The summed E-state index contributed by atoms with van der Waals surface area (Å²) in [6.45, 7) is 1.45. The van der Waals surface area contributed by atoms with Crippen LogP contribution >= 0.6 is 35.0 Å². The van der Waals surface area contributed by atoms with E-state index in [1.807, 2.05) is 0 Å². The maximum atomic E-state index is 12.2. The highest BCUT2D eigenvalue weighted by atomic mass is 35.5. The Labute approximate surface area is 141 Å². The highest BCUT2D eigenvalue weighted by Gasteiger charge is 2.36. The molecule has 22 heavy (non-hydrogen) atoms. The number of rotatable bonds is 4. The number of benzene rings is 1. The van der Waals surface area contributed by atoms with E-state index in [0.29, 0.717) is 15.6 Å². The molecule has 0 atom stereocenters. The molecule has 1 saturated heterocycles. The predicted molar refractivity (Wildman–Crippen MR) is 85.8 cm³/mol. The second kappa shape index (κ2) is 7.17. The third-order valence-electron chi connectivity index (χ3n) is 2.71. The van der Waals surface area contributed by atoms with Gasteiger partial charge >= 0.3 is 5.97 Å². The van der Waals surface area contributed by atoms with Gasteiger partial charge in [-0.2, -0.15) is 0 Å². The number of carbonyl (C=O) groups is 3. The molecule has 2 amide bonds. The zero-order chi connectivity index (χ0) is 16.3. The molecule has 1 fully saturated rings. The number of carbonyl (C=O) groups excluding carboxylic acids is 3. The predicted octanol–water partition coefficient (Wildman–Crippen LogP) is 3.59. The van der Waals surface area contributed by atoms with Crippen LogP contribution in [0.15, 0.2) is 23.1 Å². The first kappa shape index (κ1) is 16.9. The lowest BCUT2D eigenvalue weighted by Crippen LogP contribution is -2.34. The van der Waals surface area contributed by atoms with Crippen molar-refractivity contribution in [2.75, 3.05) is 13.2 Å². The van der Waals surface area contributed by atoms with E-state index >= 15 is 0 Å². The van der Waals surface area contributed by atoms with Crippen LogP contribution in [0, 0.1) is 0 Å². The molecular weight excluding hydrogens is 349 g/mol. The Hall–Kier alpha value is -1.50. The molecule has 0 spiro atoms. The Morgan fingerprint density at radius 2 is 2.05 bits per heavy atom. The third-order valence-corrected chi connectivity index (χ3v) is 4.35. The zero-order valence-electron chi connectivity index (χ0n) is 11.5. The number of esters is 1. The van der Waals surface area contributed by atoms with Gasteiger partial charge in [0, 0.05) is 0 Å². The van der Waals surface area contributed by atoms with E-state index < -0.39 is 23.7 Å². The van der Waals surface area contributed by atoms with Crippen LogP contribution in [0.25, 0.3) is 6.08 Å². The van der Waals surface area contributed by atoms with Gasteiger partial charge in [0.15, 0.2) is 0 Å². The van der Waals surface area contributed by atoms with Gasteiger partial charge in [0.05, 0.1) is 21.6 Å². The number of halogens is 2. The molecule has 116 valence electrons. The smallest absolute Gasteiger partial charge is 0.326 e. The van der Waals surface area contributed by atoms with Crippen molar-refractivity contribution in [1.29, 1.82) is 0 Å². The van der Waals surface area contributed by atoms with Crippen LogP contribution in [-0.4, -0.2) is 35.2 Å². The maximum absolute atomic E-state index is 12.2. The van der Waals surface area contributed by atoms with Crippen molar-refractivity contribution in [3.8, 4) is 0 Å². The lowest BCUT2D eigenvalue weighted by atomic mass is 10.2. The summed E-state index contributed by atoms with van der Waals surface area (Å²) in [6.07, 6.45) is 1.53. The summed E-state index contributed by atoms with van der Waals surface area (Å²) in [5, 5.41) is 0.236. The normalized spacial score (nSPS) is 16.5. The van der Waals surface area contributed by atoms with Gasteiger partial charge in [-0.15, -0.1) is 0 Å². The molecular formula is C14H11Cl2NO4S. The molecule has 1 aromatic carbocycles. The monoisotopic (exact) mass is 359 g/mol. The standard InChI is InChI=1S/C14H11Cl2NO4S/c1-2-21-12(18)7-17-13(19)11(22-14(17)20)6-8-3-4-9(15)10(16)5-8/h3-6H,2,7H2,1H3/b11-6+. The number of nitrogens with zero attached hydrogens (tertiary/aromatic N) is 1. The van der Waals surface area contributed by atoms with Crippen molar-refractivity contribution in [3.63, 3.8) is 0 Å². The molecule has 8 heteroatoms. The summed E-state index contributed by atoms with van der Waals surface area (Å²) >= 11 is 12.5. The minimum absolute atomic E-state index is 0.189. The van der Waals surface area contributed by atoms with Crippen molar-refractivity contribution in [2.45, 2.75) is 6.92 Å². The Bertz CT molecular complexity index is 675. The van der Waals surface area contributed by atoms with Crippen molar-refractivity contribution in [1.82, 2.24) is 4.90 Å². The van der Waals surface area contributed by atoms with E-state index in [4.69, 9.17) is 27.9 Å². The first-order chi connectivity index (χ1) is 10.4. The number of thioether (sulfide) groups is 1. The lowest BCUT2D eigenvalue weighted by molar-refractivity contribution is -0.145. The van der Waals surface area contributed by atoms with Crippen LogP contribution in [0.1, 0.15) is 12.5 Å². The van der Waals surface area contributed by atoms with E-state index in [-0.39, 0.29) is 11.5 Å². The van der Waals surface area contributed by atoms with E-state index in [2.05, 4.69) is 0 Å². The van der Waals surface area contributed by atoms with Gasteiger partial charge < -0.3 is 4.74 Å². The second-order valence-corrected chi connectivity index (χ2v) is 6.05. The average Bonchev–Trinajstić information content (AvgIpc) is 2.71. The fraction of sp³-hybridized carbons (Fsp3) is 0.214. The van der Waals surface area contributed by atoms with Gasteiger partial charge in [-0.25, -0.2) is 0 Å². The molecule has 1 aromatic rings. The van der Waals surface area contributed by atoms with Crippen LogP contribution in [0.2, 0.25) is 10.0 Å². The molecule has 0 N–H and O–H groups in total. The van der Waals surface area contributed by atoms with Crippen LogP contribution in [0.4, 0.5) is 4.79 Å². The van der Waals surface area contributed by atoms with E-state index in [9.17, 15) is 14.4 Å². The first-order valence-electron chi connectivity index (χ1n) is 6.28. The topological polar surface area (TPSA) is 63.7 Å². The quantitative estimate of drug-likeness (QED) is 0.607. The second-order valence-electron chi connectivity index (χ2n) is 4.25. The first-order valence-corrected chi connectivity index (χ1v) is 7.85. The fourth-order valence-electron chi connectivity index (χ4n) is 1.73. The number of hydrogen-bond acceptors (Lipinski definition) is 5. The van der Waals surface area contributed by atoms with Crippen LogP contribution in [-0.2, 0) is 14.3 Å². The van der Waals surface area contributed by atoms with E-state index in [1.54, 1.807) is 25.1 Å². The van der Waals surface area contributed by atoms with Crippen molar-refractivity contribution >= 4 is 58.2 Å². The van der Waals surface area contributed by atoms with Crippen LogP contribution in [0.3, 0.4) is 0 Å². The molecule has 2 rings (SSSR count). The Kier molecular flexibility index (Phi) is 5.50. The molecule has 0 saturated carbocycles. The SMILES string of the molecule is CCOC(=O)CN1C(=O)S/C(=C/c2ccc(Cl)c(Cl)c2)C1=O. The maximum Gasteiger partial charge on any atom is 0.326 e. The molecule has 0 aliphatic carbocycles. The number of amides is 2. The molecule has 0 unspecified atom stereocenters. The molecule has 0 bridgehead atoms. The van der Waals surface area contributed by atoms with Crippen LogP contribution < -0.4 is 0 Å². The largest absolute Gasteiger partial charge is 0.465 e. The Morgan fingerprint density at radius 3 is 2.68 bits per heavy atom. The van der Waals surface area contributed by atoms with Crippen LogP contribution in [0.5, 0.6) is 0 Å². The molecule has 1 heterocycles. The molecule has 5 nitrogen and oxygen atoms in total. The van der Waals surface area contributed by atoms with E-state index in [1.165, 1.54) is 6.08 Å². The van der Waals surface area contributed by atoms with Gasteiger partial charge in [0.2, 0.25) is 0 Å². The summed E-state index contributed by atoms with van der Waals surface area (Å²) < 4.78 is 4.74. The van der Waals surface area contributed by atoms with Gasteiger partial charge in [0.25, 0.3) is 11.1 Å². The minimum atomic E-state index is -0.624.